The summed E-state index contributed by atoms with van der Waals surface area (Å²) in [6.45, 7) is 2.77. The zero-order chi connectivity index (χ0) is 38.1. The first kappa shape index (κ1) is 39.3. The highest BCUT2D eigenvalue weighted by atomic mass is 16.7. The molecule has 4 atom stereocenters. The molecule has 1 aliphatic rings. The van der Waals surface area contributed by atoms with E-state index in [0.29, 0.717) is 39.6 Å². The number of hydrogen-bond donors (Lipinski definition) is 0. The topological polar surface area (TPSA) is 55.4 Å². The molecule has 0 spiro atoms. The fourth-order valence-corrected chi connectivity index (χ4v) is 7.31. The van der Waals surface area contributed by atoms with Crippen molar-refractivity contribution in [3.05, 3.63) is 215 Å². The van der Waals surface area contributed by atoms with E-state index in [1.807, 2.05) is 72.8 Å². The third-order valence-corrected chi connectivity index (χ3v) is 10.2. The second-order valence-corrected chi connectivity index (χ2v) is 14.1. The Bertz CT molecular complexity index is 1850. The van der Waals surface area contributed by atoms with E-state index >= 15 is 0 Å². The maximum absolute atomic E-state index is 7.00. The molecule has 1 fully saturated rings. The minimum absolute atomic E-state index is 0.350. The second-order valence-electron chi connectivity index (χ2n) is 14.1. The molecule has 7 rings (SSSR count). The highest BCUT2D eigenvalue weighted by Crippen LogP contribution is 2.40. The number of hydrogen-bond acceptors (Lipinski definition) is 6. The van der Waals surface area contributed by atoms with E-state index in [-0.39, 0.29) is 6.10 Å². The van der Waals surface area contributed by atoms with E-state index in [2.05, 4.69) is 109 Å². The van der Waals surface area contributed by atoms with E-state index in [0.717, 1.165) is 52.6 Å². The lowest BCUT2D eigenvalue weighted by Gasteiger charge is -2.36. The van der Waals surface area contributed by atoms with Crippen LogP contribution < -0.4 is 0 Å². The molecule has 6 heteroatoms. The normalized spacial score (nSPS) is 18.2. The van der Waals surface area contributed by atoms with Gasteiger partial charge in [0, 0.05) is 13.2 Å². The van der Waals surface area contributed by atoms with Crippen molar-refractivity contribution in [2.24, 2.45) is 0 Å². The molecular formula is C50H52O6. The quantitative estimate of drug-likeness (QED) is 0.0540. The van der Waals surface area contributed by atoms with Crippen LogP contribution in [0, 0.1) is 0 Å². The van der Waals surface area contributed by atoms with Crippen molar-refractivity contribution in [3.63, 3.8) is 0 Å². The first-order chi connectivity index (χ1) is 27.8. The van der Waals surface area contributed by atoms with Crippen molar-refractivity contribution in [1.82, 2.24) is 0 Å². The van der Waals surface area contributed by atoms with Gasteiger partial charge >= 0.3 is 0 Å². The van der Waals surface area contributed by atoms with Gasteiger partial charge in [-0.3, -0.25) is 0 Å². The number of ether oxygens (including phenoxy) is 6. The Labute approximate surface area is 332 Å². The first-order valence-electron chi connectivity index (χ1n) is 19.8. The lowest BCUT2D eigenvalue weighted by molar-refractivity contribution is -0.185. The zero-order valence-electron chi connectivity index (χ0n) is 31.9. The molecule has 1 saturated heterocycles. The van der Waals surface area contributed by atoms with Gasteiger partial charge in [-0.2, -0.15) is 0 Å². The van der Waals surface area contributed by atoms with Crippen molar-refractivity contribution in [1.29, 1.82) is 0 Å². The van der Waals surface area contributed by atoms with Crippen LogP contribution in [-0.2, 0) is 53.8 Å². The maximum Gasteiger partial charge on any atom is 0.186 e. The average Bonchev–Trinajstić information content (AvgIpc) is 3.60. The Balaban J connectivity index is 0.998. The van der Waals surface area contributed by atoms with Crippen LogP contribution in [0.3, 0.4) is 0 Å². The lowest BCUT2D eigenvalue weighted by atomic mass is 9.80. The third-order valence-electron chi connectivity index (χ3n) is 10.2. The number of benzene rings is 6. The van der Waals surface area contributed by atoms with Crippen LogP contribution in [-0.4, -0.2) is 44.4 Å². The minimum Gasteiger partial charge on any atom is -0.374 e. The van der Waals surface area contributed by atoms with Gasteiger partial charge in [-0.1, -0.05) is 182 Å². The third kappa shape index (κ3) is 10.5. The van der Waals surface area contributed by atoms with Gasteiger partial charge in [0.15, 0.2) is 6.29 Å². The largest absolute Gasteiger partial charge is 0.374 e. The van der Waals surface area contributed by atoms with E-state index < -0.39 is 24.1 Å². The van der Waals surface area contributed by atoms with Crippen LogP contribution in [0.1, 0.15) is 52.6 Å². The molecule has 0 amide bonds. The predicted molar refractivity (Wildman–Crippen MR) is 220 cm³/mol. The van der Waals surface area contributed by atoms with Gasteiger partial charge in [0.2, 0.25) is 0 Å². The van der Waals surface area contributed by atoms with E-state index in [1.165, 1.54) is 0 Å². The Morgan fingerprint density at radius 2 is 0.821 bits per heavy atom. The molecule has 6 aromatic rings. The summed E-state index contributed by atoms with van der Waals surface area (Å²) in [7, 11) is 0. The molecule has 0 saturated carbocycles. The summed E-state index contributed by atoms with van der Waals surface area (Å²) >= 11 is 0. The van der Waals surface area contributed by atoms with Crippen LogP contribution in [0.25, 0.3) is 0 Å². The van der Waals surface area contributed by atoms with Crippen LogP contribution in [0.4, 0.5) is 0 Å². The molecule has 1 aliphatic heterocycles. The molecular weight excluding hydrogens is 697 g/mol. The van der Waals surface area contributed by atoms with Crippen LogP contribution >= 0.6 is 0 Å². The van der Waals surface area contributed by atoms with E-state index in [9.17, 15) is 0 Å². The van der Waals surface area contributed by atoms with Gasteiger partial charge in [0.05, 0.1) is 26.4 Å². The Morgan fingerprint density at radius 1 is 0.411 bits per heavy atom. The highest BCUT2D eigenvalue weighted by molar-refractivity contribution is 5.47. The molecule has 1 heterocycles. The number of unbranched alkanes of at least 4 members (excludes halogenated alkanes) is 2. The average molecular weight is 749 g/mol. The smallest absolute Gasteiger partial charge is 0.186 e. The molecule has 56 heavy (non-hydrogen) atoms. The number of rotatable bonds is 21. The van der Waals surface area contributed by atoms with Crippen LogP contribution in [0.2, 0.25) is 0 Å². The molecule has 0 aliphatic carbocycles. The summed E-state index contributed by atoms with van der Waals surface area (Å²) in [6, 6.07) is 62.1. The standard InChI is InChI=1S/C50H52O6/c1-8-22-40(23-9-1)36-51-39-46-47(53-37-41-24-10-2-11-25-41)48(54-38-42-26-12-3-13-27-42)49(56-46)52-34-20-7-21-35-55-50(43-28-14-4-15-29-43,44-30-16-5-17-31-44)45-32-18-6-19-33-45/h1-6,8-19,22-33,46-49H,7,20-21,34-39H2/t46-,47-,48-,49-/m1/s1. The van der Waals surface area contributed by atoms with Crippen molar-refractivity contribution in [3.8, 4) is 0 Å². The van der Waals surface area contributed by atoms with Gasteiger partial charge < -0.3 is 28.4 Å². The molecule has 0 bridgehead atoms. The molecule has 288 valence electrons. The minimum atomic E-state index is -0.729. The monoisotopic (exact) mass is 748 g/mol. The first-order valence-corrected chi connectivity index (χ1v) is 19.8. The molecule has 0 unspecified atom stereocenters. The van der Waals surface area contributed by atoms with Gasteiger partial charge in [0.1, 0.15) is 23.9 Å². The Kier molecular flexibility index (Phi) is 14.6. The summed E-state index contributed by atoms with van der Waals surface area (Å²) in [5.74, 6) is 0. The van der Waals surface area contributed by atoms with Gasteiger partial charge in [-0.25, -0.2) is 0 Å². The molecule has 0 aromatic heterocycles. The predicted octanol–water partition coefficient (Wildman–Crippen LogP) is 10.3. The highest BCUT2D eigenvalue weighted by Gasteiger charge is 2.47. The molecule has 0 N–H and O–H groups in total. The SMILES string of the molecule is c1ccc(COC[C@H]2O[C@@H](OCCCCCOC(c3ccccc3)(c3ccccc3)c3ccccc3)[C@H](OCc3ccccc3)[C@@H]2OCc2ccccc2)cc1. The summed E-state index contributed by atoms with van der Waals surface area (Å²) in [6.07, 6.45) is 0.816. The van der Waals surface area contributed by atoms with Crippen LogP contribution in [0.5, 0.6) is 0 Å². The van der Waals surface area contributed by atoms with Crippen LogP contribution in [0.15, 0.2) is 182 Å². The fraction of sp³-hybridized carbons (Fsp3) is 0.280. The van der Waals surface area contributed by atoms with Gasteiger partial charge in [-0.05, 0) is 52.6 Å². The van der Waals surface area contributed by atoms with Crippen molar-refractivity contribution < 1.29 is 28.4 Å². The summed E-state index contributed by atoms with van der Waals surface area (Å²) < 4.78 is 39.5. The maximum atomic E-state index is 7.00. The van der Waals surface area contributed by atoms with Gasteiger partial charge in [0.25, 0.3) is 0 Å². The van der Waals surface area contributed by atoms with Gasteiger partial charge in [-0.15, -0.1) is 0 Å². The summed E-state index contributed by atoms with van der Waals surface area (Å²) in [5, 5.41) is 0. The summed E-state index contributed by atoms with van der Waals surface area (Å²) in [4.78, 5) is 0. The van der Waals surface area contributed by atoms with Crippen molar-refractivity contribution in [2.75, 3.05) is 19.8 Å². The van der Waals surface area contributed by atoms with E-state index in [4.69, 9.17) is 28.4 Å². The van der Waals surface area contributed by atoms with E-state index in [1.54, 1.807) is 0 Å². The lowest BCUT2D eigenvalue weighted by Crippen LogP contribution is -2.39. The fourth-order valence-electron chi connectivity index (χ4n) is 7.31. The Morgan fingerprint density at radius 3 is 1.30 bits per heavy atom. The second kappa shape index (κ2) is 20.8. The zero-order valence-corrected chi connectivity index (χ0v) is 31.9. The summed E-state index contributed by atoms with van der Waals surface area (Å²) in [5.41, 5.74) is 5.85. The molecule has 6 nitrogen and oxygen atoms in total. The van der Waals surface area contributed by atoms with Crippen molar-refractivity contribution >= 4 is 0 Å². The molecule has 0 radical (unpaired) electrons. The van der Waals surface area contributed by atoms with Crippen molar-refractivity contribution in [2.45, 2.75) is 69.3 Å². The Hall–Kier alpha value is -4.92. The molecule has 6 aromatic carbocycles.